The zero-order valence-corrected chi connectivity index (χ0v) is 32.3. The molecule has 21 heteroatoms. The molecule has 0 aromatic rings. The lowest BCUT2D eigenvalue weighted by atomic mass is 9.43. The number of carboxylic acid groups (broad SMARTS) is 2. The molecule has 1 aliphatic heterocycles. The van der Waals surface area contributed by atoms with E-state index in [0.717, 1.165) is 24.8 Å². The van der Waals surface area contributed by atoms with Crippen LogP contribution < -0.4 is 0 Å². The van der Waals surface area contributed by atoms with Crippen LogP contribution in [-0.4, -0.2) is 107 Å². The second kappa shape index (κ2) is 17.6. The lowest BCUT2D eigenvalue weighted by Gasteiger charge is -2.62. The van der Waals surface area contributed by atoms with Crippen molar-refractivity contribution in [3.63, 3.8) is 0 Å². The van der Waals surface area contributed by atoms with Gasteiger partial charge in [0.15, 0.2) is 30.8 Å². The van der Waals surface area contributed by atoms with Gasteiger partial charge < -0.3 is 34.3 Å². The number of fused-ring (bicyclic) bond motifs is 3. The van der Waals surface area contributed by atoms with Gasteiger partial charge in [0.1, 0.15) is 18.8 Å². The molecule has 55 heavy (non-hydrogen) atoms. The number of carbonyl (C=O) groups excluding carboxylic acids is 2. The SMILES string of the molecule is C=C1C2CCC3C4(C)CC(O[C@H]5O[C@H](COC(=O)CCC(=O)O)[C@@H](OSOOO)[C@@H](OS(=O)(=O)O)C5OC(=O)CC(C)C)CC(C(=O)O)C4CCC3(C2)[C@H]1O. The average Bonchev–Trinajstić information content (AvgIpc) is 3.26. The fraction of sp³-hybridized carbons (Fsp3) is 0.824. The third-order valence-electron chi connectivity index (χ3n) is 12.2. The predicted octanol–water partition coefficient (Wildman–Crippen LogP) is 3.26. The molecule has 4 aliphatic carbocycles. The van der Waals surface area contributed by atoms with E-state index in [-0.39, 0.29) is 55.3 Å². The summed E-state index contributed by atoms with van der Waals surface area (Å²) in [4.78, 5) is 49.6. The van der Waals surface area contributed by atoms with E-state index in [1.807, 2.05) is 6.92 Å². The van der Waals surface area contributed by atoms with E-state index in [1.54, 1.807) is 13.8 Å². The Morgan fingerprint density at radius 3 is 2.40 bits per heavy atom. The largest absolute Gasteiger partial charge is 0.481 e. The Morgan fingerprint density at radius 1 is 1.04 bits per heavy atom. The molecule has 1 heterocycles. The normalized spacial score (nSPS) is 38.5. The smallest absolute Gasteiger partial charge is 0.397 e. The molecule has 0 radical (unpaired) electrons. The molecule has 8 unspecified atom stereocenters. The maximum Gasteiger partial charge on any atom is 0.397 e. The number of ether oxygens (including phenoxy) is 4. The number of hydrogen-bond donors (Lipinski definition) is 5. The van der Waals surface area contributed by atoms with Crippen molar-refractivity contribution in [3.8, 4) is 0 Å². The fourth-order valence-electron chi connectivity index (χ4n) is 10.2. The van der Waals surface area contributed by atoms with E-state index in [0.29, 0.717) is 12.8 Å². The first-order chi connectivity index (χ1) is 25.8. The van der Waals surface area contributed by atoms with Crippen LogP contribution in [0.5, 0.6) is 0 Å². The Morgan fingerprint density at radius 2 is 1.76 bits per heavy atom. The highest BCUT2D eigenvalue weighted by Gasteiger charge is 2.67. The second-order valence-corrected chi connectivity index (χ2v) is 17.5. The van der Waals surface area contributed by atoms with Crippen molar-refractivity contribution in [2.24, 2.45) is 40.4 Å². The Balaban J connectivity index is 1.51. The number of aliphatic hydroxyl groups excluding tert-OH is 1. The Bertz CT molecular complexity index is 1560. The van der Waals surface area contributed by atoms with Crippen molar-refractivity contribution >= 4 is 46.6 Å². The number of hydrogen-bond acceptors (Lipinski definition) is 17. The summed E-state index contributed by atoms with van der Waals surface area (Å²) in [6, 6.07) is 0. The van der Waals surface area contributed by atoms with Crippen molar-refractivity contribution in [2.45, 2.75) is 128 Å². The van der Waals surface area contributed by atoms with Crippen LogP contribution in [0.15, 0.2) is 12.2 Å². The molecule has 4 saturated carbocycles. The first-order valence-corrected chi connectivity index (χ1v) is 20.3. The van der Waals surface area contributed by atoms with Gasteiger partial charge in [-0.3, -0.25) is 27.9 Å². The van der Waals surface area contributed by atoms with E-state index in [4.69, 9.17) is 37.7 Å². The molecule has 5 fully saturated rings. The molecule has 5 aliphatic rings. The minimum atomic E-state index is -5.38. The van der Waals surface area contributed by atoms with Crippen LogP contribution in [0.3, 0.4) is 0 Å². The van der Waals surface area contributed by atoms with Crippen LogP contribution in [0.25, 0.3) is 0 Å². The van der Waals surface area contributed by atoms with Crippen molar-refractivity contribution in [3.05, 3.63) is 12.2 Å². The zero-order valence-electron chi connectivity index (χ0n) is 30.7. The van der Waals surface area contributed by atoms with Gasteiger partial charge in [-0.2, -0.15) is 8.42 Å². The average molecular weight is 827 g/mol. The summed E-state index contributed by atoms with van der Waals surface area (Å²) in [5, 5.41) is 43.3. The van der Waals surface area contributed by atoms with E-state index in [9.17, 15) is 42.4 Å². The zero-order chi connectivity index (χ0) is 40.5. The topological polar surface area (TPSA) is 277 Å². The molecule has 19 nitrogen and oxygen atoms in total. The first kappa shape index (κ1) is 43.7. The summed E-state index contributed by atoms with van der Waals surface area (Å²) in [7, 11) is -5.38. The van der Waals surface area contributed by atoms with Crippen molar-refractivity contribution < 1.29 is 89.4 Å². The molecular weight excluding hydrogens is 776 g/mol. The second-order valence-electron chi connectivity index (χ2n) is 16.0. The summed E-state index contributed by atoms with van der Waals surface area (Å²) in [5.41, 5.74) is -0.360. The van der Waals surface area contributed by atoms with Gasteiger partial charge in [0.05, 0.1) is 31.0 Å². The summed E-state index contributed by atoms with van der Waals surface area (Å²) in [6.07, 6.45) is -8.17. The van der Waals surface area contributed by atoms with Crippen LogP contribution in [0.4, 0.5) is 0 Å². The third-order valence-corrected chi connectivity index (χ3v) is 13.1. The molecule has 13 atom stereocenters. The van der Waals surface area contributed by atoms with E-state index in [2.05, 4.69) is 16.0 Å². The van der Waals surface area contributed by atoms with Crippen LogP contribution in [0, 0.1) is 40.4 Å². The van der Waals surface area contributed by atoms with Crippen LogP contribution >= 0.6 is 12.3 Å². The molecule has 5 rings (SSSR count). The van der Waals surface area contributed by atoms with Gasteiger partial charge >= 0.3 is 34.3 Å². The molecule has 0 aromatic carbocycles. The van der Waals surface area contributed by atoms with E-state index >= 15 is 0 Å². The number of carboxylic acids is 2. The summed E-state index contributed by atoms with van der Waals surface area (Å²) in [5.74, 6) is -5.52. The van der Waals surface area contributed by atoms with Crippen molar-refractivity contribution in [2.75, 3.05) is 6.61 Å². The van der Waals surface area contributed by atoms with Gasteiger partial charge in [0.25, 0.3) is 0 Å². The maximum atomic E-state index is 13.2. The van der Waals surface area contributed by atoms with Gasteiger partial charge in [-0.05, 0) is 79.6 Å². The lowest BCUT2D eigenvalue weighted by molar-refractivity contribution is -0.435. The Kier molecular flexibility index (Phi) is 14.0. The lowest BCUT2D eigenvalue weighted by Crippen LogP contribution is -2.64. The number of carbonyl (C=O) groups is 4. The predicted molar refractivity (Wildman–Crippen MR) is 184 cm³/mol. The Labute approximate surface area is 322 Å². The first-order valence-electron chi connectivity index (χ1n) is 18.2. The maximum absolute atomic E-state index is 13.2. The van der Waals surface area contributed by atoms with Crippen LogP contribution in [-0.2, 0) is 66.3 Å². The number of rotatable bonds is 17. The van der Waals surface area contributed by atoms with Gasteiger partial charge in [-0.15, -0.1) is 4.33 Å². The molecule has 312 valence electrons. The standard InChI is InChI=1S/C34H50O19S2/c1-16(2)11-26(38)49-29-28(51-55(43,44)45)27(50-54-53-52-42)22(15-46-25(37)8-7-24(35)36)48-32(29)47-19-12-20(31(40)41)21-9-10-34-13-18(17(3)30(34)39)5-6-23(34)33(21,4)14-19/h16,18-23,27-30,32,39,42H,3,5-15H2,1-2,4H3,(H,35,36)(H,40,41)(H,43,44,45)/t18?,19?,20?,21?,22-,23?,27-,28-,29?,30+,32+,33?,34?/m1/s1. The van der Waals surface area contributed by atoms with E-state index in [1.165, 1.54) is 0 Å². The molecule has 0 aromatic heterocycles. The highest BCUT2D eigenvalue weighted by Crippen LogP contribution is 2.70. The summed E-state index contributed by atoms with van der Waals surface area (Å²) >= 11 is -0.0586. The van der Waals surface area contributed by atoms with Crippen LogP contribution in [0.2, 0.25) is 0 Å². The molecule has 2 bridgehead atoms. The van der Waals surface area contributed by atoms with Gasteiger partial charge in [0, 0.05) is 11.8 Å². The Hall–Kier alpha value is -2.44. The summed E-state index contributed by atoms with van der Waals surface area (Å²) in [6.45, 7) is 8.89. The van der Waals surface area contributed by atoms with Crippen LogP contribution in [0.1, 0.15) is 85.0 Å². The van der Waals surface area contributed by atoms with Gasteiger partial charge in [-0.1, -0.05) is 32.4 Å². The van der Waals surface area contributed by atoms with Crippen molar-refractivity contribution in [1.82, 2.24) is 0 Å². The summed E-state index contributed by atoms with van der Waals surface area (Å²) < 4.78 is 72.8. The molecule has 1 saturated heterocycles. The monoisotopic (exact) mass is 826 g/mol. The number of aliphatic carboxylic acids is 2. The minimum Gasteiger partial charge on any atom is -0.481 e. The number of aliphatic hydroxyl groups is 1. The molecule has 0 amide bonds. The fourth-order valence-corrected chi connectivity index (χ4v) is 11.1. The molecule has 5 N–H and O–H groups in total. The molecule has 1 spiro atoms. The molecular formula is C34H50O19S2. The number of esters is 2. The third kappa shape index (κ3) is 9.65. The quantitative estimate of drug-likeness (QED) is 0.0206. The highest BCUT2D eigenvalue weighted by atomic mass is 32.3. The van der Waals surface area contributed by atoms with Crippen molar-refractivity contribution in [1.29, 1.82) is 0 Å². The van der Waals surface area contributed by atoms with Gasteiger partial charge in [-0.25, -0.2) is 9.44 Å². The van der Waals surface area contributed by atoms with E-state index < -0.39 is 113 Å². The van der Waals surface area contributed by atoms with Gasteiger partial charge in [0.2, 0.25) is 0 Å². The minimum absolute atomic E-state index is 0.0180. The highest BCUT2D eigenvalue weighted by molar-refractivity contribution is 7.89.